The summed E-state index contributed by atoms with van der Waals surface area (Å²) < 4.78 is 35.8. The van der Waals surface area contributed by atoms with Gasteiger partial charge in [-0.3, -0.25) is 0 Å². The molecule has 1 aliphatic carbocycles. The Labute approximate surface area is 120 Å². The van der Waals surface area contributed by atoms with Crippen LogP contribution in [0.25, 0.3) is 0 Å². The van der Waals surface area contributed by atoms with Gasteiger partial charge in [-0.1, -0.05) is 19.3 Å². The van der Waals surface area contributed by atoms with Gasteiger partial charge < -0.3 is 5.11 Å². The Morgan fingerprint density at radius 2 is 1.38 bits per heavy atom. The SMILES string of the molecule is C[O-].FC(F)(F)C1CCCCC1.[K+]. The summed E-state index contributed by atoms with van der Waals surface area (Å²) in [6.07, 6.45) is -0.742. The normalized spacial score (nSPS) is 18.2. The number of alkyl halides is 3. The van der Waals surface area contributed by atoms with E-state index in [-0.39, 0.29) is 51.4 Å². The quantitative estimate of drug-likeness (QED) is 0.488. The molecule has 1 rings (SSSR count). The fourth-order valence-corrected chi connectivity index (χ4v) is 1.43. The zero-order valence-corrected chi connectivity index (χ0v) is 11.3. The Morgan fingerprint density at radius 3 is 1.62 bits per heavy atom. The molecule has 0 aromatic heterocycles. The van der Waals surface area contributed by atoms with Crippen molar-refractivity contribution in [2.45, 2.75) is 38.3 Å². The van der Waals surface area contributed by atoms with E-state index in [2.05, 4.69) is 0 Å². The summed E-state index contributed by atoms with van der Waals surface area (Å²) in [4.78, 5) is 0. The van der Waals surface area contributed by atoms with Crippen molar-refractivity contribution >= 4 is 0 Å². The van der Waals surface area contributed by atoms with Gasteiger partial charge in [0, 0.05) is 0 Å². The molecule has 5 heteroatoms. The molecule has 0 heterocycles. The minimum atomic E-state index is -3.93. The Balaban J connectivity index is 0. The minimum absolute atomic E-state index is 0. The van der Waals surface area contributed by atoms with Crippen LogP contribution in [0.4, 0.5) is 13.2 Å². The van der Waals surface area contributed by atoms with E-state index in [9.17, 15) is 13.2 Å². The van der Waals surface area contributed by atoms with Crippen molar-refractivity contribution in [1.82, 2.24) is 0 Å². The summed E-state index contributed by atoms with van der Waals surface area (Å²) in [5.74, 6) is -0.999. The second-order valence-electron chi connectivity index (χ2n) is 2.88. The van der Waals surface area contributed by atoms with E-state index < -0.39 is 12.1 Å². The molecular formula is C8H14F3KO. The Kier molecular flexibility index (Phi) is 11.2. The van der Waals surface area contributed by atoms with Gasteiger partial charge >= 0.3 is 57.6 Å². The average molecular weight is 222 g/mol. The predicted octanol–water partition coefficient (Wildman–Crippen LogP) is -0.890. The van der Waals surface area contributed by atoms with Gasteiger partial charge in [0.1, 0.15) is 0 Å². The van der Waals surface area contributed by atoms with Crippen LogP contribution in [-0.2, 0) is 0 Å². The summed E-state index contributed by atoms with van der Waals surface area (Å²) in [5.41, 5.74) is 0. The van der Waals surface area contributed by atoms with Gasteiger partial charge in [-0.2, -0.15) is 20.3 Å². The first-order valence-corrected chi connectivity index (χ1v) is 4.08. The van der Waals surface area contributed by atoms with Crippen LogP contribution in [0.1, 0.15) is 32.1 Å². The molecule has 1 nitrogen and oxygen atoms in total. The third-order valence-electron chi connectivity index (χ3n) is 2.07. The van der Waals surface area contributed by atoms with Gasteiger partial charge in [0.05, 0.1) is 5.92 Å². The minimum Gasteiger partial charge on any atom is -0.857 e. The third kappa shape index (κ3) is 7.33. The standard InChI is InChI=1S/C7H11F3.CH3O.K/c8-7(9,10)6-4-2-1-3-5-6;1-2;/h6H,1-5H2;1H3;/q;-1;+1. The number of rotatable bonds is 0. The van der Waals surface area contributed by atoms with Crippen LogP contribution in [-0.4, -0.2) is 13.3 Å². The van der Waals surface area contributed by atoms with Crippen molar-refractivity contribution in [3.05, 3.63) is 0 Å². The van der Waals surface area contributed by atoms with Crippen molar-refractivity contribution in [3.63, 3.8) is 0 Å². The van der Waals surface area contributed by atoms with E-state index >= 15 is 0 Å². The van der Waals surface area contributed by atoms with E-state index in [0.29, 0.717) is 12.8 Å². The molecule has 0 bridgehead atoms. The molecule has 0 saturated heterocycles. The van der Waals surface area contributed by atoms with E-state index in [1.54, 1.807) is 0 Å². The summed E-state index contributed by atoms with van der Waals surface area (Å²) in [6, 6.07) is 0. The van der Waals surface area contributed by atoms with Crippen LogP contribution in [0.5, 0.6) is 0 Å². The van der Waals surface area contributed by atoms with Gasteiger partial charge in [-0.25, -0.2) is 0 Å². The molecule has 1 saturated carbocycles. The van der Waals surface area contributed by atoms with Gasteiger partial charge in [-0.15, -0.1) is 0 Å². The summed E-state index contributed by atoms with van der Waals surface area (Å²) in [7, 11) is 0.750. The third-order valence-corrected chi connectivity index (χ3v) is 2.07. The second kappa shape index (κ2) is 8.68. The first kappa shape index (κ1) is 16.8. The van der Waals surface area contributed by atoms with Crippen molar-refractivity contribution in [1.29, 1.82) is 0 Å². The molecule has 0 spiro atoms. The molecule has 0 atom stereocenters. The number of hydrogen-bond acceptors (Lipinski definition) is 1. The van der Waals surface area contributed by atoms with Crippen LogP contribution < -0.4 is 56.5 Å². The fourth-order valence-electron chi connectivity index (χ4n) is 1.43. The Morgan fingerprint density at radius 1 is 1.00 bits per heavy atom. The van der Waals surface area contributed by atoms with Crippen LogP contribution in [0, 0.1) is 5.92 Å². The summed E-state index contributed by atoms with van der Waals surface area (Å²) >= 11 is 0. The van der Waals surface area contributed by atoms with Gasteiger partial charge in [0.25, 0.3) is 0 Å². The smallest absolute Gasteiger partial charge is 0.857 e. The van der Waals surface area contributed by atoms with Crippen LogP contribution in [0.2, 0.25) is 0 Å². The topological polar surface area (TPSA) is 23.1 Å². The summed E-state index contributed by atoms with van der Waals surface area (Å²) in [6.45, 7) is 0. The Bertz CT molecular complexity index is 110. The summed E-state index contributed by atoms with van der Waals surface area (Å²) in [5, 5.41) is 8.25. The number of hydrogen-bond donors (Lipinski definition) is 0. The largest absolute Gasteiger partial charge is 1.00 e. The van der Waals surface area contributed by atoms with Crippen molar-refractivity contribution in [2.75, 3.05) is 7.11 Å². The molecule has 1 aliphatic rings. The first-order chi connectivity index (χ1) is 5.61. The molecule has 0 N–H and O–H groups in total. The molecule has 74 valence electrons. The van der Waals surface area contributed by atoms with Crippen molar-refractivity contribution < 1.29 is 69.7 Å². The molecule has 0 radical (unpaired) electrons. The fraction of sp³-hybridized carbons (Fsp3) is 1.00. The van der Waals surface area contributed by atoms with Crippen LogP contribution in [0.3, 0.4) is 0 Å². The molecule has 0 amide bonds. The van der Waals surface area contributed by atoms with Gasteiger partial charge in [0.15, 0.2) is 0 Å². The Hall–Kier alpha value is 1.39. The van der Waals surface area contributed by atoms with E-state index in [0.717, 1.165) is 26.4 Å². The zero-order valence-electron chi connectivity index (χ0n) is 8.16. The van der Waals surface area contributed by atoms with Crippen molar-refractivity contribution in [3.8, 4) is 0 Å². The van der Waals surface area contributed by atoms with Gasteiger partial charge in [-0.05, 0) is 12.8 Å². The van der Waals surface area contributed by atoms with Crippen LogP contribution in [0.15, 0.2) is 0 Å². The van der Waals surface area contributed by atoms with Gasteiger partial charge in [0.2, 0.25) is 0 Å². The molecule has 1 fully saturated rings. The maximum atomic E-state index is 11.9. The number of halogens is 3. The maximum absolute atomic E-state index is 11.9. The molecule has 0 unspecified atom stereocenters. The maximum Gasteiger partial charge on any atom is 1.00 e. The molecule has 0 aromatic rings. The molecule has 13 heavy (non-hydrogen) atoms. The molecule has 0 aliphatic heterocycles. The zero-order chi connectivity index (χ0) is 9.61. The molecule has 0 aromatic carbocycles. The predicted molar refractivity (Wildman–Crippen MR) is 38.6 cm³/mol. The average Bonchev–Trinajstić information content (AvgIpc) is 2.08. The first-order valence-electron chi connectivity index (χ1n) is 4.08. The van der Waals surface area contributed by atoms with E-state index in [1.807, 2.05) is 0 Å². The molecular weight excluding hydrogens is 208 g/mol. The second-order valence-corrected chi connectivity index (χ2v) is 2.88. The van der Waals surface area contributed by atoms with E-state index in [4.69, 9.17) is 5.11 Å². The monoisotopic (exact) mass is 222 g/mol. The van der Waals surface area contributed by atoms with E-state index in [1.165, 1.54) is 0 Å². The van der Waals surface area contributed by atoms with Crippen molar-refractivity contribution in [2.24, 2.45) is 5.92 Å². The van der Waals surface area contributed by atoms with Crippen LogP contribution >= 0.6 is 0 Å².